The molecule has 1 saturated carbocycles. The number of hydrogen-bond donors (Lipinski definition) is 1. The van der Waals surface area contributed by atoms with Gasteiger partial charge in [0.2, 0.25) is 0 Å². The molecule has 20 heavy (non-hydrogen) atoms. The van der Waals surface area contributed by atoms with Crippen LogP contribution in [-0.4, -0.2) is 5.11 Å². The molecule has 1 atom stereocenters. The van der Waals surface area contributed by atoms with Crippen molar-refractivity contribution in [2.75, 3.05) is 0 Å². The average molecular weight is 312 g/mol. The van der Waals surface area contributed by atoms with E-state index in [1.807, 2.05) is 0 Å². The highest BCUT2D eigenvalue weighted by molar-refractivity contribution is 6.35. The largest absolute Gasteiger partial charge is 0.387 e. The Kier molecular flexibility index (Phi) is 5.32. The molecule has 2 nitrogen and oxygen atoms in total. The molecule has 0 amide bonds. The maximum absolute atomic E-state index is 10.7. The van der Waals surface area contributed by atoms with E-state index in [1.165, 1.54) is 6.42 Å². The molecule has 108 valence electrons. The second-order valence-corrected chi connectivity index (χ2v) is 6.45. The van der Waals surface area contributed by atoms with Crippen LogP contribution < -0.4 is 0 Å². The van der Waals surface area contributed by atoms with Gasteiger partial charge in [0.15, 0.2) is 0 Å². The lowest BCUT2D eigenvalue weighted by atomic mass is 9.71. The Morgan fingerprint density at radius 2 is 1.70 bits per heavy atom. The molecule has 1 fully saturated rings. The van der Waals surface area contributed by atoms with Gasteiger partial charge in [0.05, 0.1) is 17.6 Å². The maximum atomic E-state index is 10.7. The van der Waals surface area contributed by atoms with Crippen molar-refractivity contribution in [1.29, 1.82) is 5.26 Å². The Bertz CT molecular complexity index is 502. The lowest BCUT2D eigenvalue weighted by Crippen LogP contribution is -2.28. The molecular formula is C16H19Cl2NO. The molecule has 1 aliphatic rings. The van der Waals surface area contributed by atoms with Crippen LogP contribution in [0.5, 0.6) is 0 Å². The molecular weight excluding hydrogens is 293 g/mol. The van der Waals surface area contributed by atoms with Crippen LogP contribution >= 0.6 is 23.2 Å². The minimum atomic E-state index is -0.852. The van der Waals surface area contributed by atoms with E-state index in [9.17, 15) is 10.4 Å². The zero-order valence-corrected chi connectivity index (χ0v) is 12.9. The number of rotatable bonds is 2. The molecule has 0 bridgehead atoms. The van der Waals surface area contributed by atoms with E-state index in [2.05, 4.69) is 6.07 Å². The summed E-state index contributed by atoms with van der Waals surface area (Å²) in [7, 11) is 0. The van der Waals surface area contributed by atoms with Gasteiger partial charge in [-0.1, -0.05) is 61.4 Å². The summed E-state index contributed by atoms with van der Waals surface area (Å²) in [6, 6.07) is 7.44. The van der Waals surface area contributed by atoms with Crippen molar-refractivity contribution in [2.24, 2.45) is 5.41 Å². The van der Waals surface area contributed by atoms with Crippen LogP contribution in [0.3, 0.4) is 0 Å². The van der Waals surface area contributed by atoms with E-state index in [0.29, 0.717) is 15.6 Å². The number of benzene rings is 1. The summed E-state index contributed by atoms with van der Waals surface area (Å²) in [6.45, 7) is 0. The van der Waals surface area contributed by atoms with Crippen molar-refractivity contribution >= 4 is 23.2 Å². The fourth-order valence-corrected chi connectivity index (χ4v) is 3.52. The van der Waals surface area contributed by atoms with E-state index < -0.39 is 11.5 Å². The fourth-order valence-electron chi connectivity index (χ4n) is 3.00. The minimum Gasteiger partial charge on any atom is -0.387 e. The molecule has 0 aliphatic heterocycles. The van der Waals surface area contributed by atoms with E-state index in [4.69, 9.17) is 23.2 Å². The van der Waals surface area contributed by atoms with Gasteiger partial charge in [-0.3, -0.25) is 0 Å². The van der Waals surface area contributed by atoms with Crippen LogP contribution in [0.25, 0.3) is 0 Å². The topological polar surface area (TPSA) is 44.0 Å². The van der Waals surface area contributed by atoms with Gasteiger partial charge >= 0.3 is 0 Å². The third-order valence-corrected chi connectivity index (χ3v) is 4.81. The number of halogens is 2. The normalized spacial score (nSPS) is 20.5. The van der Waals surface area contributed by atoms with Gasteiger partial charge in [0.25, 0.3) is 0 Å². The molecule has 0 heterocycles. The van der Waals surface area contributed by atoms with Gasteiger partial charge in [0.1, 0.15) is 0 Å². The first-order valence-corrected chi connectivity index (χ1v) is 7.89. The summed E-state index contributed by atoms with van der Waals surface area (Å²) in [4.78, 5) is 0. The number of hydrogen-bond acceptors (Lipinski definition) is 2. The summed E-state index contributed by atoms with van der Waals surface area (Å²) in [5, 5.41) is 21.4. The van der Waals surface area contributed by atoms with Crippen LogP contribution in [0.1, 0.15) is 56.6 Å². The zero-order chi connectivity index (χ0) is 14.6. The van der Waals surface area contributed by atoms with Crippen molar-refractivity contribution in [3.8, 4) is 6.07 Å². The molecule has 1 aromatic rings. The number of aliphatic hydroxyl groups is 1. The summed E-state index contributed by atoms with van der Waals surface area (Å²) < 4.78 is 0. The number of nitriles is 1. The smallest absolute Gasteiger partial charge is 0.0990 e. The third-order valence-electron chi connectivity index (χ3n) is 4.25. The molecule has 2 rings (SSSR count). The lowest BCUT2D eigenvalue weighted by Gasteiger charge is -2.34. The Morgan fingerprint density at radius 1 is 1.10 bits per heavy atom. The van der Waals surface area contributed by atoms with Crippen molar-refractivity contribution in [3.05, 3.63) is 33.8 Å². The van der Waals surface area contributed by atoms with Crippen molar-refractivity contribution in [3.63, 3.8) is 0 Å². The predicted molar refractivity (Wildman–Crippen MR) is 81.8 cm³/mol. The highest BCUT2D eigenvalue weighted by Gasteiger charge is 2.39. The first kappa shape index (κ1) is 15.6. The van der Waals surface area contributed by atoms with Gasteiger partial charge in [-0.15, -0.1) is 0 Å². The Labute approximate surface area is 130 Å². The standard InChI is InChI=1S/C16H19Cl2NO/c17-12-6-7-13(14(18)10-12)15(20)16(11-19)8-4-2-1-3-5-9-16/h6-7,10,15,20H,1-5,8-9H2. The van der Waals surface area contributed by atoms with Crippen LogP contribution in [0, 0.1) is 16.7 Å². The Balaban J connectivity index is 2.31. The molecule has 0 saturated heterocycles. The first-order valence-electron chi connectivity index (χ1n) is 7.13. The van der Waals surface area contributed by atoms with E-state index in [-0.39, 0.29) is 0 Å². The number of nitrogens with zero attached hydrogens (tertiary/aromatic N) is 1. The molecule has 0 aromatic heterocycles. The second-order valence-electron chi connectivity index (χ2n) is 5.60. The average Bonchev–Trinajstić information content (AvgIpc) is 2.38. The molecule has 4 heteroatoms. The fraction of sp³-hybridized carbons (Fsp3) is 0.562. The monoisotopic (exact) mass is 311 g/mol. The maximum Gasteiger partial charge on any atom is 0.0990 e. The molecule has 0 spiro atoms. The van der Waals surface area contributed by atoms with Gasteiger partial charge < -0.3 is 5.11 Å². The first-order chi connectivity index (χ1) is 9.59. The zero-order valence-electron chi connectivity index (χ0n) is 11.4. The summed E-state index contributed by atoms with van der Waals surface area (Å²) in [6.07, 6.45) is 6.04. The van der Waals surface area contributed by atoms with Gasteiger partial charge in [-0.05, 0) is 25.0 Å². The molecule has 1 aliphatic carbocycles. The van der Waals surface area contributed by atoms with Crippen LogP contribution in [-0.2, 0) is 0 Å². The van der Waals surface area contributed by atoms with Gasteiger partial charge in [0, 0.05) is 15.6 Å². The third kappa shape index (κ3) is 3.28. The van der Waals surface area contributed by atoms with Crippen molar-refractivity contribution in [1.82, 2.24) is 0 Å². The molecule has 1 N–H and O–H groups in total. The highest BCUT2D eigenvalue weighted by Crippen LogP contribution is 2.45. The highest BCUT2D eigenvalue weighted by atomic mass is 35.5. The summed E-state index contributed by atoms with van der Waals surface area (Å²) in [5.74, 6) is 0. The molecule has 1 aromatic carbocycles. The van der Waals surface area contributed by atoms with Crippen molar-refractivity contribution in [2.45, 2.75) is 51.0 Å². The van der Waals surface area contributed by atoms with Crippen LogP contribution in [0.4, 0.5) is 0 Å². The second kappa shape index (κ2) is 6.80. The van der Waals surface area contributed by atoms with Gasteiger partial charge in [-0.2, -0.15) is 5.26 Å². The van der Waals surface area contributed by atoms with Crippen LogP contribution in [0.2, 0.25) is 10.0 Å². The molecule has 1 unspecified atom stereocenters. The van der Waals surface area contributed by atoms with Crippen LogP contribution in [0.15, 0.2) is 18.2 Å². The summed E-state index contributed by atoms with van der Waals surface area (Å²) in [5.41, 5.74) is -0.115. The van der Waals surface area contributed by atoms with E-state index in [1.54, 1.807) is 18.2 Å². The Morgan fingerprint density at radius 3 is 2.25 bits per heavy atom. The van der Waals surface area contributed by atoms with Crippen molar-refractivity contribution < 1.29 is 5.11 Å². The Hall–Kier alpha value is -0.750. The molecule has 0 radical (unpaired) electrons. The number of aliphatic hydroxyl groups excluding tert-OH is 1. The minimum absolute atomic E-state index is 0.432. The van der Waals surface area contributed by atoms with E-state index >= 15 is 0 Å². The quantitative estimate of drug-likeness (QED) is 0.807. The predicted octanol–water partition coefficient (Wildman–Crippen LogP) is 5.28. The van der Waals surface area contributed by atoms with E-state index in [0.717, 1.165) is 38.5 Å². The SMILES string of the molecule is N#CC1(C(O)c2ccc(Cl)cc2Cl)CCCCCCC1. The van der Waals surface area contributed by atoms with Gasteiger partial charge in [-0.25, -0.2) is 0 Å². The summed E-state index contributed by atoms with van der Waals surface area (Å²) >= 11 is 12.1. The lowest BCUT2D eigenvalue weighted by molar-refractivity contribution is 0.0435.